The maximum atomic E-state index is 9.31. The Morgan fingerprint density at radius 3 is 2.58 bits per heavy atom. The predicted molar refractivity (Wildman–Crippen MR) is 74.7 cm³/mol. The van der Waals surface area contributed by atoms with E-state index in [1.54, 1.807) is 18.3 Å². The number of phenolic OH excluding ortho intramolecular Hbond substituents is 1. The van der Waals surface area contributed by atoms with Gasteiger partial charge in [-0.25, -0.2) is 9.97 Å². The topological polar surface area (TPSA) is 58.0 Å². The van der Waals surface area contributed by atoms with Gasteiger partial charge in [-0.2, -0.15) is 0 Å². The van der Waals surface area contributed by atoms with Crippen LogP contribution in [-0.4, -0.2) is 15.1 Å². The number of nitrogens with one attached hydrogen (secondary N) is 1. The molecule has 0 spiro atoms. The minimum absolute atomic E-state index is 0.260. The standard InChI is InChI=1S/C15H19N3O/c1-3-15(12-4-6-14(19)7-5-12)17-10-13-8-9-16-11(2)18-13/h4-9,15,17,19H,3,10H2,1-2H3. The van der Waals surface area contributed by atoms with Crippen molar-refractivity contribution in [3.05, 3.63) is 53.6 Å². The summed E-state index contributed by atoms with van der Waals surface area (Å²) in [5, 5.41) is 12.8. The molecule has 0 amide bonds. The molecule has 100 valence electrons. The number of benzene rings is 1. The van der Waals surface area contributed by atoms with E-state index in [9.17, 15) is 5.11 Å². The zero-order chi connectivity index (χ0) is 13.7. The lowest BCUT2D eigenvalue weighted by Crippen LogP contribution is -2.21. The molecule has 0 saturated carbocycles. The molecule has 0 aliphatic rings. The lowest BCUT2D eigenvalue weighted by atomic mass is 10.0. The second-order valence-electron chi connectivity index (χ2n) is 4.53. The fourth-order valence-corrected chi connectivity index (χ4v) is 2.04. The Labute approximate surface area is 113 Å². The molecule has 19 heavy (non-hydrogen) atoms. The van der Waals surface area contributed by atoms with Gasteiger partial charge < -0.3 is 10.4 Å². The van der Waals surface area contributed by atoms with Gasteiger partial charge in [-0.3, -0.25) is 0 Å². The van der Waals surface area contributed by atoms with Crippen LogP contribution in [-0.2, 0) is 6.54 Å². The molecular weight excluding hydrogens is 238 g/mol. The summed E-state index contributed by atoms with van der Waals surface area (Å²) in [6.45, 7) is 4.74. The third kappa shape index (κ3) is 3.76. The van der Waals surface area contributed by atoms with Crippen LogP contribution in [0.5, 0.6) is 5.75 Å². The summed E-state index contributed by atoms with van der Waals surface area (Å²) in [7, 11) is 0. The zero-order valence-corrected chi connectivity index (χ0v) is 11.3. The summed E-state index contributed by atoms with van der Waals surface area (Å²) < 4.78 is 0. The molecule has 4 heteroatoms. The summed E-state index contributed by atoms with van der Waals surface area (Å²) in [5.74, 6) is 1.09. The van der Waals surface area contributed by atoms with Crippen LogP contribution in [0.25, 0.3) is 0 Å². The first kappa shape index (κ1) is 13.5. The maximum Gasteiger partial charge on any atom is 0.125 e. The van der Waals surface area contributed by atoms with E-state index in [-0.39, 0.29) is 6.04 Å². The fourth-order valence-electron chi connectivity index (χ4n) is 2.04. The number of aromatic nitrogens is 2. The quantitative estimate of drug-likeness (QED) is 0.864. The van der Waals surface area contributed by atoms with Crippen molar-refractivity contribution in [3.8, 4) is 5.75 Å². The van der Waals surface area contributed by atoms with Crippen molar-refractivity contribution in [3.63, 3.8) is 0 Å². The van der Waals surface area contributed by atoms with Gasteiger partial charge >= 0.3 is 0 Å². The first-order chi connectivity index (χ1) is 9.19. The largest absolute Gasteiger partial charge is 0.508 e. The number of nitrogens with zero attached hydrogens (tertiary/aromatic N) is 2. The molecule has 0 fully saturated rings. The molecule has 2 rings (SSSR count). The van der Waals surface area contributed by atoms with E-state index in [2.05, 4.69) is 22.2 Å². The van der Waals surface area contributed by atoms with Crippen LogP contribution in [0, 0.1) is 6.92 Å². The molecule has 0 bridgehead atoms. The van der Waals surface area contributed by atoms with Crippen molar-refractivity contribution in [2.75, 3.05) is 0 Å². The minimum atomic E-state index is 0.260. The Bertz CT molecular complexity index is 525. The van der Waals surface area contributed by atoms with Gasteiger partial charge in [0.1, 0.15) is 11.6 Å². The summed E-state index contributed by atoms with van der Waals surface area (Å²) in [6, 6.07) is 9.51. The lowest BCUT2D eigenvalue weighted by molar-refractivity contribution is 0.473. The highest BCUT2D eigenvalue weighted by molar-refractivity contribution is 5.28. The van der Waals surface area contributed by atoms with Crippen LogP contribution in [0.15, 0.2) is 36.5 Å². The van der Waals surface area contributed by atoms with Crippen molar-refractivity contribution in [2.24, 2.45) is 0 Å². The van der Waals surface area contributed by atoms with Gasteiger partial charge in [0.25, 0.3) is 0 Å². The first-order valence-corrected chi connectivity index (χ1v) is 6.50. The Balaban J connectivity index is 2.01. The monoisotopic (exact) mass is 257 g/mol. The minimum Gasteiger partial charge on any atom is -0.508 e. The van der Waals surface area contributed by atoms with Crippen molar-refractivity contribution in [1.82, 2.24) is 15.3 Å². The van der Waals surface area contributed by atoms with Crippen molar-refractivity contribution >= 4 is 0 Å². The van der Waals surface area contributed by atoms with E-state index in [0.717, 1.165) is 17.9 Å². The van der Waals surface area contributed by atoms with Gasteiger partial charge in [-0.05, 0) is 37.1 Å². The molecule has 1 aromatic heterocycles. The molecule has 1 heterocycles. The van der Waals surface area contributed by atoms with E-state index >= 15 is 0 Å². The smallest absolute Gasteiger partial charge is 0.125 e. The summed E-state index contributed by atoms with van der Waals surface area (Å²) in [6.07, 6.45) is 2.76. The fraction of sp³-hybridized carbons (Fsp3) is 0.333. The van der Waals surface area contributed by atoms with Crippen LogP contribution in [0.1, 0.15) is 36.5 Å². The van der Waals surface area contributed by atoms with E-state index in [4.69, 9.17) is 0 Å². The van der Waals surface area contributed by atoms with Crippen LogP contribution in [0.3, 0.4) is 0 Å². The zero-order valence-electron chi connectivity index (χ0n) is 11.3. The van der Waals surface area contributed by atoms with Gasteiger partial charge in [0.2, 0.25) is 0 Å². The van der Waals surface area contributed by atoms with Gasteiger partial charge in [-0.1, -0.05) is 19.1 Å². The van der Waals surface area contributed by atoms with Gasteiger partial charge in [-0.15, -0.1) is 0 Å². The van der Waals surface area contributed by atoms with E-state index in [0.29, 0.717) is 12.3 Å². The van der Waals surface area contributed by atoms with Gasteiger partial charge in [0.05, 0.1) is 5.69 Å². The predicted octanol–water partition coefficient (Wildman–Crippen LogP) is 2.73. The maximum absolute atomic E-state index is 9.31. The van der Waals surface area contributed by atoms with Gasteiger partial charge in [0.15, 0.2) is 0 Å². The molecule has 0 aliphatic heterocycles. The number of hydrogen-bond acceptors (Lipinski definition) is 4. The summed E-state index contributed by atoms with van der Waals surface area (Å²) in [4.78, 5) is 8.46. The molecule has 1 atom stereocenters. The normalized spacial score (nSPS) is 12.3. The molecule has 1 aromatic carbocycles. The Morgan fingerprint density at radius 2 is 1.95 bits per heavy atom. The average Bonchev–Trinajstić information content (AvgIpc) is 2.41. The van der Waals surface area contributed by atoms with Crippen LogP contribution < -0.4 is 5.32 Å². The molecule has 2 aromatic rings. The number of rotatable bonds is 5. The Kier molecular flexibility index (Phi) is 4.47. The highest BCUT2D eigenvalue weighted by Gasteiger charge is 2.09. The summed E-state index contributed by atoms with van der Waals surface area (Å²) >= 11 is 0. The molecular formula is C15H19N3O. The third-order valence-electron chi connectivity index (χ3n) is 3.07. The van der Waals surface area contributed by atoms with E-state index in [1.165, 1.54) is 5.56 Å². The molecule has 4 nitrogen and oxygen atoms in total. The molecule has 2 N–H and O–H groups in total. The highest BCUT2D eigenvalue weighted by atomic mass is 16.3. The average molecular weight is 257 g/mol. The van der Waals surface area contributed by atoms with Crippen molar-refractivity contribution in [2.45, 2.75) is 32.9 Å². The van der Waals surface area contributed by atoms with Crippen molar-refractivity contribution < 1.29 is 5.11 Å². The molecule has 0 aliphatic carbocycles. The number of phenols is 1. The number of hydrogen-bond donors (Lipinski definition) is 2. The summed E-state index contributed by atoms with van der Waals surface area (Å²) in [5.41, 5.74) is 2.16. The van der Waals surface area contributed by atoms with Crippen molar-refractivity contribution in [1.29, 1.82) is 0 Å². The van der Waals surface area contributed by atoms with Crippen LogP contribution in [0.4, 0.5) is 0 Å². The molecule has 0 radical (unpaired) electrons. The van der Waals surface area contributed by atoms with Gasteiger partial charge in [0, 0.05) is 18.8 Å². The third-order valence-corrected chi connectivity index (χ3v) is 3.07. The van der Waals surface area contributed by atoms with E-state index in [1.807, 2.05) is 25.1 Å². The highest BCUT2D eigenvalue weighted by Crippen LogP contribution is 2.19. The lowest BCUT2D eigenvalue weighted by Gasteiger charge is -2.17. The first-order valence-electron chi connectivity index (χ1n) is 6.50. The van der Waals surface area contributed by atoms with E-state index < -0.39 is 0 Å². The van der Waals surface area contributed by atoms with Crippen LogP contribution in [0.2, 0.25) is 0 Å². The molecule has 0 saturated heterocycles. The number of aryl methyl sites for hydroxylation is 1. The molecule has 1 unspecified atom stereocenters. The Hall–Kier alpha value is -1.94. The number of aromatic hydroxyl groups is 1. The second kappa shape index (κ2) is 6.29. The SMILES string of the molecule is CCC(NCc1ccnc(C)n1)c1ccc(O)cc1. The second-order valence-corrected chi connectivity index (χ2v) is 4.53. The Morgan fingerprint density at radius 1 is 1.21 bits per heavy atom. The van der Waals surface area contributed by atoms with Crippen LogP contribution >= 0.6 is 0 Å².